The van der Waals surface area contributed by atoms with E-state index < -0.39 is 18.2 Å². The Balaban J connectivity index is 1.39. The number of hydrogen-bond acceptors (Lipinski definition) is 6. The average Bonchev–Trinajstić information content (AvgIpc) is 3.18. The van der Waals surface area contributed by atoms with E-state index in [9.17, 15) is 19.5 Å². The second kappa shape index (κ2) is 8.93. The number of hydrogen-bond donors (Lipinski definition) is 1. The van der Waals surface area contributed by atoms with Crippen LogP contribution in [-0.2, 0) is 16.1 Å². The molecule has 1 aliphatic carbocycles. The van der Waals surface area contributed by atoms with Gasteiger partial charge < -0.3 is 24.0 Å². The van der Waals surface area contributed by atoms with Gasteiger partial charge in [-0.05, 0) is 48.9 Å². The first-order valence-corrected chi connectivity index (χ1v) is 10.4. The van der Waals surface area contributed by atoms with Gasteiger partial charge in [0.2, 0.25) is 5.91 Å². The van der Waals surface area contributed by atoms with E-state index in [1.807, 2.05) is 0 Å². The monoisotopic (exact) mass is 426 g/mol. The number of likely N-dealkylation sites (tertiary alicyclic amines) is 1. The fraction of sp³-hybridized carbons (Fsp3) is 0.435. The highest BCUT2D eigenvalue weighted by atomic mass is 16.5. The van der Waals surface area contributed by atoms with Gasteiger partial charge >= 0.3 is 5.97 Å². The molecule has 0 spiro atoms. The molecule has 0 unspecified atom stereocenters. The maximum atomic E-state index is 12.7. The molecule has 1 aromatic heterocycles. The number of esters is 1. The highest BCUT2D eigenvalue weighted by molar-refractivity contribution is 5.89. The van der Waals surface area contributed by atoms with Crippen LogP contribution in [0.25, 0.3) is 0 Å². The third kappa shape index (κ3) is 4.64. The van der Waals surface area contributed by atoms with E-state index in [4.69, 9.17) is 9.47 Å². The number of pyridine rings is 1. The van der Waals surface area contributed by atoms with Gasteiger partial charge in [-0.1, -0.05) is 12.1 Å². The zero-order valence-corrected chi connectivity index (χ0v) is 17.3. The van der Waals surface area contributed by atoms with E-state index in [0.29, 0.717) is 37.2 Å². The predicted octanol–water partition coefficient (Wildman–Crippen LogP) is 1.31. The Morgan fingerprint density at radius 1 is 1.10 bits per heavy atom. The number of amides is 1. The smallest absolute Gasteiger partial charge is 0.337 e. The fourth-order valence-corrected chi connectivity index (χ4v) is 4.55. The van der Waals surface area contributed by atoms with Crippen LogP contribution in [0.15, 0.2) is 53.5 Å². The number of rotatable bonds is 5. The summed E-state index contributed by atoms with van der Waals surface area (Å²) in [7, 11) is 1.32. The third-order valence-corrected chi connectivity index (χ3v) is 6.18. The second-order valence-corrected chi connectivity index (χ2v) is 8.20. The molecule has 1 saturated heterocycles. The first kappa shape index (κ1) is 21.1. The molecule has 2 heterocycles. The lowest BCUT2D eigenvalue weighted by molar-refractivity contribution is -0.131. The lowest BCUT2D eigenvalue weighted by Gasteiger charge is -2.35. The minimum Gasteiger partial charge on any atom is -0.488 e. The molecule has 0 radical (unpaired) electrons. The van der Waals surface area contributed by atoms with Crippen molar-refractivity contribution in [3.8, 4) is 5.75 Å². The summed E-state index contributed by atoms with van der Waals surface area (Å²) >= 11 is 0. The summed E-state index contributed by atoms with van der Waals surface area (Å²) in [5.74, 6) is 0.374. The topological polar surface area (TPSA) is 98.1 Å². The van der Waals surface area contributed by atoms with Gasteiger partial charge in [-0.2, -0.15) is 0 Å². The van der Waals surface area contributed by atoms with Crippen molar-refractivity contribution in [1.29, 1.82) is 0 Å². The van der Waals surface area contributed by atoms with Crippen molar-refractivity contribution in [3.63, 3.8) is 0 Å². The Labute approximate surface area is 180 Å². The zero-order chi connectivity index (χ0) is 22.0. The van der Waals surface area contributed by atoms with Crippen LogP contribution in [0.1, 0.15) is 23.2 Å². The summed E-state index contributed by atoms with van der Waals surface area (Å²) in [5.41, 5.74) is 0.183. The number of fused-ring (bicyclic) bond motifs is 1. The van der Waals surface area contributed by atoms with Crippen molar-refractivity contribution in [2.75, 3.05) is 20.2 Å². The van der Waals surface area contributed by atoms with Crippen molar-refractivity contribution in [1.82, 2.24) is 9.47 Å². The lowest BCUT2D eigenvalue weighted by atomic mass is 9.78. The van der Waals surface area contributed by atoms with E-state index in [2.05, 4.69) is 0 Å². The molecule has 2 aliphatic rings. The van der Waals surface area contributed by atoms with Crippen LogP contribution in [0.3, 0.4) is 0 Å². The summed E-state index contributed by atoms with van der Waals surface area (Å²) in [6.07, 6.45) is 1.69. The molecule has 1 N–H and O–H groups in total. The summed E-state index contributed by atoms with van der Waals surface area (Å²) in [6, 6.07) is 11.5. The molecule has 31 heavy (non-hydrogen) atoms. The van der Waals surface area contributed by atoms with Crippen LogP contribution in [0.2, 0.25) is 0 Å². The van der Waals surface area contributed by atoms with Gasteiger partial charge in [0, 0.05) is 25.4 Å². The maximum Gasteiger partial charge on any atom is 0.337 e. The molecule has 8 heteroatoms. The maximum absolute atomic E-state index is 12.7. The highest BCUT2D eigenvalue weighted by Crippen LogP contribution is 2.38. The quantitative estimate of drug-likeness (QED) is 0.724. The first-order chi connectivity index (χ1) is 14.9. The van der Waals surface area contributed by atoms with Crippen molar-refractivity contribution in [2.45, 2.75) is 31.6 Å². The number of carbonyl (C=O) groups excluding carboxylic acids is 2. The summed E-state index contributed by atoms with van der Waals surface area (Å²) in [6.45, 7) is 1.18. The number of aliphatic hydroxyl groups excluding tert-OH is 1. The summed E-state index contributed by atoms with van der Waals surface area (Å²) < 4.78 is 12.2. The number of methoxy groups -OCH3 is 1. The number of aliphatic hydroxyl groups is 1. The molecular weight excluding hydrogens is 400 g/mol. The molecule has 164 valence electrons. The van der Waals surface area contributed by atoms with Gasteiger partial charge in [0.15, 0.2) is 0 Å². The second-order valence-electron chi connectivity index (χ2n) is 8.20. The molecule has 1 aliphatic heterocycles. The molecule has 4 rings (SSSR count). The Morgan fingerprint density at radius 3 is 2.61 bits per heavy atom. The van der Waals surface area contributed by atoms with Crippen molar-refractivity contribution >= 4 is 11.9 Å². The zero-order valence-electron chi connectivity index (χ0n) is 17.3. The Hall–Kier alpha value is -3.13. The van der Waals surface area contributed by atoms with E-state index in [1.165, 1.54) is 17.7 Å². The van der Waals surface area contributed by atoms with Crippen molar-refractivity contribution < 1.29 is 24.2 Å². The number of ether oxygens (including phenoxy) is 2. The Kier molecular flexibility index (Phi) is 6.08. The van der Waals surface area contributed by atoms with Crippen LogP contribution in [0.5, 0.6) is 5.75 Å². The SMILES string of the molecule is COC(=O)c1cccc(O[C@@H]2C[C@@H]3CN(C(=O)Cn4ccccc4=O)C[C@@H]3C[C@H]2O)c1. The van der Waals surface area contributed by atoms with Gasteiger partial charge in [0.05, 0.1) is 18.8 Å². The molecular formula is C23H26N2O6. The standard InChI is InChI=1S/C23H26N2O6/c1-30-23(29)15-5-4-6-18(9-15)31-20-11-17-13-25(12-16(17)10-19(20)26)22(28)14-24-8-3-2-7-21(24)27/h2-9,16-17,19-20,26H,10-14H2,1H3/t16-,17+,19+,20+/m0/s1. The molecule has 1 aromatic carbocycles. The Morgan fingerprint density at radius 2 is 1.87 bits per heavy atom. The number of carbonyl (C=O) groups is 2. The van der Waals surface area contributed by atoms with Crippen LogP contribution in [0.4, 0.5) is 0 Å². The molecule has 8 nitrogen and oxygen atoms in total. The van der Waals surface area contributed by atoms with Crippen LogP contribution in [-0.4, -0.2) is 58.9 Å². The molecule has 2 aromatic rings. The van der Waals surface area contributed by atoms with E-state index >= 15 is 0 Å². The number of aromatic nitrogens is 1. The van der Waals surface area contributed by atoms with Crippen LogP contribution < -0.4 is 10.3 Å². The van der Waals surface area contributed by atoms with Gasteiger partial charge in [-0.25, -0.2) is 4.79 Å². The van der Waals surface area contributed by atoms with Crippen molar-refractivity contribution in [3.05, 3.63) is 64.6 Å². The lowest BCUT2D eigenvalue weighted by Crippen LogP contribution is -2.42. The first-order valence-electron chi connectivity index (χ1n) is 10.4. The molecule has 0 bridgehead atoms. The average molecular weight is 426 g/mol. The molecule has 2 fully saturated rings. The van der Waals surface area contributed by atoms with Crippen LogP contribution in [0, 0.1) is 11.8 Å². The minimum atomic E-state index is -0.658. The highest BCUT2D eigenvalue weighted by Gasteiger charge is 2.43. The van der Waals surface area contributed by atoms with E-state index in [0.717, 1.165) is 0 Å². The molecule has 1 amide bonds. The Bertz CT molecular complexity index is 1020. The fourth-order valence-electron chi connectivity index (χ4n) is 4.55. The van der Waals surface area contributed by atoms with Gasteiger partial charge in [0.1, 0.15) is 18.4 Å². The summed E-state index contributed by atoms with van der Waals surface area (Å²) in [4.78, 5) is 38.1. The third-order valence-electron chi connectivity index (χ3n) is 6.18. The summed E-state index contributed by atoms with van der Waals surface area (Å²) in [5, 5.41) is 10.6. The van der Waals surface area contributed by atoms with Gasteiger partial charge in [-0.15, -0.1) is 0 Å². The van der Waals surface area contributed by atoms with Gasteiger partial charge in [-0.3, -0.25) is 9.59 Å². The van der Waals surface area contributed by atoms with Crippen molar-refractivity contribution in [2.24, 2.45) is 11.8 Å². The number of nitrogens with zero attached hydrogens (tertiary/aromatic N) is 2. The van der Waals surface area contributed by atoms with E-state index in [1.54, 1.807) is 47.5 Å². The van der Waals surface area contributed by atoms with Gasteiger partial charge in [0.25, 0.3) is 5.56 Å². The predicted molar refractivity (Wildman–Crippen MR) is 112 cm³/mol. The minimum absolute atomic E-state index is 0.0158. The molecule has 4 atom stereocenters. The normalized spacial score (nSPS) is 25.0. The largest absolute Gasteiger partial charge is 0.488 e. The molecule has 1 saturated carbocycles. The van der Waals surface area contributed by atoms with Crippen LogP contribution >= 0.6 is 0 Å². The van der Waals surface area contributed by atoms with E-state index in [-0.39, 0.29) is 29.8 Å². The number of benzene rings is 1.